The molecular weight excluding hydrogens is 627 g/mol. The highest BCUT2D eigenvalue weighted by atomic mass is 28.4. The van der Waals surface area contributed by atoms with E-state index in [4.69, 9.17) is 4.43 Å². The molecule has 0 saturated heterocycles. The van der Waals surface area contributed by atoms with Crippen molar-refractivity contribution in [1.82, 2.24) is 5.32 Å². The van der Waals surface area contributed by atoms with Crippen molar-refractivity contribution in [2.45, 2.75) is 116 Å². The van der Waals surface area contributed by atoms with Crippen LogP contribution in [-0.4, -0.2) is 40.1 Å². The molecule has 0 aliphatic heterocycles. The standard InChI is InChI=1S/C41H59NO4Si2/c1-31(26-32-20-14-11-15-21-32)37(43)29-35(27-33-22-16-12-17-23-33)38(44)42-36(28-34-24-18-13-19-25-34)39(45)46-48(40(2,3)4,41(5,6)7)30-47(8,9)10/h11-25,31,35-36H,26-30H2,1-10H3,(H,42,44)/t31-,35+,36-/m0/s1. The van der Waals surface area contributed by atoms with Gasteiger partial charge in [-0.3, -0.25) is 14.4 Å². The molecule has 1 N–H and O–H groups in total. The van der Waals surface area contributed by atoms with Crippen LogP contribution >= 0.6 is 0 Å². The Hall–Kier alpha value is -3.30. The van der Waals surface area contributed by atoms with Gasteiger partial charge in [-0.1, -0.05) is 159 Å². The minimum atomic E-state index is -2.79. The Morgan fingerprint density at radius 2 is 1.08 bits per heavy atom. The lowest BCUT2D eigenvalue weighted by molar-refractivity contribution is -0.141. The number of amides is 1. The molecule has 0 heterocycles. The first kappa shape index (κ1) is 39.1. The summed E-state index contributed by atoms with van der Waals surface area (Å²) >= 11 is 0. The van der Waals surface area contributed by atoms with Crippen molar-refractivity contribution in [3.63, 3.8) is 0 Å². The molecule has 0 aliphatic carbocycles. The number of Topliss-reactive ketones (excluding diaryl/α,β-unsaturated/α-hetero) is 1. The number of ketones is 1. The maximum Gasteiger partial charge on any atom is 0.315 e. The third-order valence-corrected chi connectivity index (χ3v) is 21.1. The third kappa shape index (κ3) is 11.1. The maximum absolute atomic E-state index is 14.5. The zero-order valence-corrected chi connectivity index (χ0v) is 33.1. The summed E-state index contributed by atoms with van der Waals surface area (Å²) in [5.74, 6) is -1.49. The molecule has 3 aromatic rings. The molecule has 0 unspecified atom stereocenters. The zero-order chi connectivity index (χ0) is 35.8. The van der Waals surface area contributed by atoms with E-state index in [9.17, 15) is 14.4 Å². The number of carbonyl (C=O) groups excluding carboxylic acids is 3. The van der Waals surface area contributed by atoms with Gasteiger partial charge in [-0.05, 0) is 45.3 Å². The van der Waals surface area contributed by atoms with Crippen molar-refractivity contribution in [3.8, 4) is 0 Å². The Kier molecular flexibility index (Phi) is 13.4. The van der Waals surface area contributed by atoms with Gasteiger partial charge in [0.2, 0.25) is 5.91 Å². The first-order valence-electron chi connectivity index (χ1n) is 17.5. The number of rotatable bonds is 15. The molecule has 0 saturated carbocycles. The summed E-state index contributed by atoms with van der Waals surface area (Å²) in [6, 6.07) is 28.7. The van der Waals surface area contributed by atoms with Crippen LogP contribution in [0.4, 0.5) is 0 Å². The Morgan fingerprint density at radius 3 is 1.50 bits per heavy atom. The quantitative estimate of drug-likeness (QED) is 0.162. The van der Waals surface area contributed by atoms with Crippen LogP contribution in [0.3, 0.4) is 0 Å². The van der Waals surface area contributed by atoms with E-state index in [0.29, 0.717) is 19.3 Å². The predicted molar refractivity (Wildman–Crippen MR) is 204 cm³/mol. The van der Waals surface area contributed by atoms with Crippen molar-refractivity contribution in [1.29, 1.82) is 0 Å². The van der Waals surface area contributed by atoms with E-state index in [1.54, 1.807) is 0 Å². The number of carbonyl (C=O) groups is 3. The summed E-state index contributed by atoms with van der Waals surface area (Å²) < 4.78 is 6.92. The summed E-state index contributed by atoms with van der Waals surface area (Å²) in [6.45, 7) is 22.2. The Bertz CT molecular complexity index is 1460. The normalized spacial score (nSPS) is 14.5. The molecule has 260 valence electrons. The zero-order valence-electron chi connectivity index (χ0n) is 31.1. The summed E-state index contributed by atoms with van der Waals surface area (Å²) in [5.41, 5.74) is 3.94. The largest absolute Gasteiger partial charge is 0.517 e. The third-order valence-electron chi connectivity index (χ3n) is 9.44. The van der Waals surface area contributed by atoms with Crippen LogP contribution in [0.5, 0.6) is 0 Å². The van der Waals surface area contributed by atoms with Crippen LogP contribution in [0.15, 0.2) is 91.0 Å². The number of benzene rings is 3. The van der Waals surface area contributed by atoms with Crippen LogP contribution in [0.25, 0.3) is 0 Å². The fraction of sp³-hybridized carbons (Fsp3) is 0.488. The molecule has 0 bridgehead atoms. The minimum Gasteiger partial charge on any atom is -0.517 e. The second-order valence-corrected chi connectivity index (χ2v) is 28.3. The van der Waals surface area contributed by atoms with E-state index in [-0.39, 0.29) is 40.1 Å². The van der Waals surface area contributed by atoms with Gasteiger partial charge in [-0.25, -0.2) is 0 Å². The van der Waals surface area contributed by atoms with Crippen LogP contribution in [0.1, 0.15) is 71.6 Å². The van der Waals surface area contributed by atoms with Gasteiger partial charge < -0.3 is 9.74 Å². The van der Waals surface area contributed by atoms with Crippen molar-refractivity contribution in [2.75, 3.05) is 0 Å². The molecule has 0 aliphatic rings. The fourth-order valence-electron chi connectivity index (χ4n) is 7.00. The van der Waals surface area contributed by atoms with Gasteiger partial charge >= 0.3 is 5.97 Å². The molecule has 1 amide bonds. The van der Waals surface area contributed by atoms with Crippen LogP contribution in [-0.2, 0) is 38.1 Å². The van der Waals surface area contributed by atoms with E-state index in [1.807, 2.05) is 97.9 Å². The number of hydrogen-bond acceptors (Lipinski definition) is 4. The van der Waals surface area contributed by atoms with Gasteiger partial charge in [-0.2, -0.15) is 0 Å². The van der Waals surface area contributed by atoms with E-state index < -0.39 is 28.4 Å². The van der Waals surface area contributed by atoms with Gasteiger partial charge in [0.1, 0.15) is 11.8 Å². The second-order valence-electron chi connectivity index (χ2n) is 16.9. The summed E-state index contributed by atoms with van der Waals surface area (Å²) in [6.07, 6.45) is 1.43. The summed E-state index contributed by atoms with van der Waals surface area (Å²) in [4.78, 5) is 42.5. The number of hydrogen-bond donors (Lipinski definition) is 1. The van der Waals surface area contributed by atoms with Gasteiger partial charge in [0.25, 0.3) is 8.32 Å². The lowest BCUT2D eigenvalue weighted by Crippen LogP contribution is -2.61. The Balaban J connectivity index is 1.97. The van der Waals surface area contributed by atoms with E-state index in [2.05, 4.69) is 66.5 Å². The van der Waals surface area contributed by atoms with E-state index in [1.165, 1.54) is 0 Å². The molecule has 0 aromatic heterocycles. The predicted octanol–water partition coefficient (Wildman–Crippen LogP) is 9.38. The molecule has 3 rings (SSSR count). The monoisotopic (exact) mass is 685 g/mol. The van der Waals surface area contributed by atoms with E-state index >= 15 is 0 Å². The lowest BCUT2D eigenvalue weighted by atomic mass is 9.87. The Labute approximate surface area is 292 Å². The first-order valence-corrected chi connectivity index (χ1v) is 23.3. The topological polar surface area (TPSA) is 72.5 Å². The molecule has 7 heteroatoms. The van der Waals surface area contributed by atoms with Crippen LogP contribution < -0.4 is 5.32 Å². The first-order chi connectivity index (χ1) is 22.3. The molecule has 3 atom stereocenters. The molecule has 5 nitrogen and oxygen atoms in total. The molecule has 0 radical (unpaired) electrons. The van der Waals surface area contributed by atoms with Crippen molar-refractivity contribution in [2.24, 2.45) is 11.8 Å². The van der Waals surface area contributed by atoms with Gasteiger partial charge in [0.15, 0.2) is 0 Å². The smallest absolute Gasteiger partial charge is 0.315 e. The molecule has 48 heavy (non-hydrogen) atoms. The van der Waals surface area contributed by atoms with Crippen molar-refractivity contribution < 1.29 is 18.8 Å². The maximum atomic E-state index is 14.5. The highest BCUT2D eigenvalue weighted by molar-refractivity contribution is 6.96. The second kappa shape index (κ2) is 16.4. The average molecular weight is 686 g/mol. The van der Waals surface area contributed by atoms with Crippen LogP contribution in [0.2, 0.25) is 35.4 Å². The highest BCUT2D eigenvalue weighted by Crippen LogP contribution is 2.55. The summed E-state index contributed by atoms with van der Waals surface area (Å²) in [5, 5.41) is 2.69. The lowest BCUT2D eigenvalue weighted by Gasteiger charge is -2.52. The minimum absolute atomic E-state index is 0.0409. The summed E-state index contributed by atoms with van der Waals surface area (Å²) in [7, 11) is -4.47. The molecule has 0 fully saturated rings. The average Bonchev–Trinajstić information content (AvgIpc) is 2.99. The van der Waals surface area contributed by atoms with Gasteiger partial charge in [0, 0.05) is 32.8 Å². The SMILES string of the molecule is C[C@@H](Cc1ccccc1)C(=O)C[C@@H](Cc1ccccc1)C(=O)N[C@@H](Cc1ccccc1)C(=O)O[Si](C[Si](C)(C)C)(C(C)(C)C)C(C)(C)C. The number of nitrogens with one attached hydrogen (secondary N) is 1. The molecular formula is C41H59NO4Si2. The van der Waals surface area contributed by atoms with Crippen molar-refractivity contribution >= 4 is 34.1 Å². The van der Waals surface area contributed by atoms with Gasteiger partial charge in [0.05, 0.1) is 0 Å². The molecule has 0 spiro atoms. The van der Waals surface area contributed by atoms with Crippen LogP contribution in [0, 0.1) is 11.8 Å². The van der Waals surface area contributed by atoms with Gasteiger partial charge in [-0.15, -0.1) is 0 Å². The van der Waals surface area contributed by atoms with Crippen molar-refractivity contribution in [3.05, 3.63) is 108 Å². The van der Waals surface area contributed by atoms with E-state index in [0.717, 1.165) is 22.4 Å². The highest BCUT2D eigenvalue weighted by Gasteiger charge is 2.59. The molecule has 3 aromatic carbocycles. The Morgan fingerprint density at radius 1 is 0.667 bits per heavy atom. The fourth-order valence-corrected chi connectivity index (χ4v) is 20.9.